The summed E-state index contributed by atoms with van der Waals surface area (Å²) in [5, 5.41) is 3.32. The van der Waals surface area contributed by atoms with E-state index in [1.165, 1.54) is 17.9 Å². The molecule has 2 N–H and O–H groups in total. The van der Waals surface area contributed by atoms with Crippen LogP contribution in [-0.2, 0) is 13.0 Å². The summed E-state index contributed by atoms with van der Waals surface area (Å²) in [7, 11) is 2.17. The van der Waals surface area contributed by atoms with Crippen LogP contribution in [0.2, 0.25) is 0 Å². The van der Waals surface area contributed by atoms with Crippen molar-refractivity contribution >= 4 is 23.1 Å². The molecule has 0 aliphatic heterocycles. The van der Waals surface area contributed by atoms with Crippen molar-refractivity contribution < 1.29 is 0 Å². The molecule has 5 heteroatoms. The van der Waals surface area contributed by atoms with Gasteiger partial charge in [-0.25, -0.2) is 4.98 Å². The Kier molecular flexibility index (Phi) is 7.11. The molecule has 1 aromatic rings. The first-order valence-electron chi connectivity index (χ1n) is 6.00. The van der Waals surface area contributed by atoms with Crippen molar-refractivity contribution in [1.29, 1.82) is 0 Å². The lowest BCUT2D eigenvalue weighted by Gasteiger charge is -2.23. The van der Waals surface area contributed by atoms with Gasteiger partial charge >= 0.3 is 0 Å². The lowest BCUT2D eigenvalue weighted by Crippen LogP contribution is -2.29. The summed E-state index contributed by atoms with van der Waals surface area (Å²) in [6, 6.07) is 0.613. The molecule has 0 radical (unpaired) electrons. The molecule has 0 bridgehead atoms. The molecule has 0 aromatic carbocycles. The summed E-state index contributed by atoms with van der Waals surface area (Å²) in [5.74, 6) is 1.22. The van der Waals surface area contributed by atoms with Gasteiger partial charge in [0.05, 0.1) is 10.7 Å². The fraction of sp³-hybridized carbons (Fsp3) is 0.750. The van der Waals surface area contributed by atoms with Crippen LogP contribution in [0.3, 0.4) is 0 Å². The Balaban J connectivity index is 2.40. The van der Waals surface area contributed by atoms with Crippen molar-refractivity contribution in [2.75, 3.05) is 25.6 Å². The number of nitrogens with zero attached hydrogens (tertiary/aromatic N) is 2. The molecule has 0 aliphatic carbocycles. The Hall–Kier alpha value is -0.100. The zero-order valence-electron chi connectivity index (χ0n) is 11.0. The second-order valence-electron chi connectivity index (χ2n) is 4.32. The van der Waals surface area contributed by atoms with E-state index < -0.39 is 0 Å². The molecule has 0 spiro atoms. The van der Waals surface area contributed by atoms with Crippen LogP contribution in [0.1, 0.15) is 24.0 Å². The second kappa shape index (κ2) is 8.08. The maximum absolute atomic E-state index is 5.53. The third kappa shape index (κ3) is 5.38. The van der Waals surface area contributed by atoms with Crippen molar-refractivity contribution in [1.82, 2.24) is 9.88 Å². The van der Waals surface area contributed by atoms with Crippen molar-refractivity contribution in [2.45, 2.75) is 32.4 Å². The van der Waals surface area contributed by atoms with E-state index in [0.29, 0.717) is 12.6 Å². The molecule has 0 aliphatic rings. The van der Waals surface area contributed by atoms with E-state index in [-0.39, 0.29) is 0 Å². The van der Waals surface area contributed by atoms with Crippen LogP contribution in [0.25, 0.3) is 0 Å². The van der Waals surface area contributed by atoms with Gasteiger partial charge in [0.1, 0.15) is 0 Å². The van der Waals surface area contributed by atoms with Gasteiger partial charge in [-0.3, -0.25) is 4.90 Å². The lowest BCUT2D eigenvalue weighted by molar-refractivity contribution is 0.242. The predicted molar refractivity (Wildman–Crippen MR) is 78.8 cm³/mol. The Morgan fingerprint density at radius 1 is 1.59 bits per heavy atom. The van der Waals surface area contributed by atoms with Gasteiger partial charge in [0, 0.05) is 24.4 Å². The minimum atomic E-state index is 0.613. The Bertz CT molecular complexity index is 314. The molecule has 1 aromatic heterocycles. The van der Waals surface area contributed by atoms with Gasteiger partial charge in [0.2, 0.25) is 0 Å². The molecule has 1 rings (SSSR count). The van der Waals surface area contributed by atoms with E-state index in [2.05, 4.69) is 35.5 Å². The first-order valence-corrected chi connectivity index (χ1v) is 8.27. The van der Waals surface area contributed by atoms with Gasteiger partial charge in [-0.05, 0) is 38.9 Å². The van der Waals surface area contributed by atoms with Crippen molar-refractivity contribution in [3.8, 4) is 0 Å². The standard InChI is InChI=1S/C12H23N3S2/c1-10(5-7-16-3)15(2)8-11-9-17-12(14-11)4-6-13/h9-10H,4-8,13H2,1-3H3. The maximum Gasteiger partial charge on any atom is 0.0941 e. The average Bonchev–Trinajstić information content (AvgIpc) is 2.74. The number of hydrogen-bond acceptors (Lipinski definition) is 5. The van der Waals surface area contributed by atoms with Crippen LogP contribution in [0.5, 0.6) is 0 Å². The Labute approximate surface area is 113 Å². The molecule has 1 atom stereocenters. The normalized spacial score (nSPS) is 13.2. The van der Waals surface area contributed by atoms with E-state index in [1.807, 2.05) is 11.8 Å². The highest BCUT2D eigenvalue weighted by atomic mass is 32.2. The number of nitrogens with two attached hydrogens (primary N) is 1. The molecule has 0 amide bonds. The summed E-state index contributed by atoms with van der Waals surface area (Å²) >= 11 is 3.63. The summed E-state index contributed by atoms with van der Waals surface area (Å²) in [6.45, 7) is 3.91. The molecule has 0 fully saturated rings. The number of rotatable bonds is 8. The first kappa shape index (κ1) is 15.0. The third-order valence-corrected chi connectivity index (χ3v) is 4.46. The van der Waals surface area contributed by atoms with Crippen molar-refractivity contribution in [3.63, 3.8) is 0 Å². The third-order valence-electron chi connectivity index (χ3n) is 2.86. The molecule has 0 saturated heterocycles. The summed E-state index contributed by atoms with van der Waals surface area (Å²) in [4.78, 5) is 6.97. The Morgan fingerprint density at radius 3 is 3.00 bits per heavy atom. The molecular weight excluding hydrogens is 250 g/mol. The largest absolute Gasteiger partial charge is 0.330 e. The van der Waals surface area contributed by atoms with Crippen molar-refractivity contribution in [2.24, 2.45) is 5.73 Å². The van der Waals surface area contributed by atoms with Crippen LogP contribution in [0.4, 0.5) is 0 Å². The lowest BCUT2D eigenvalue weighted by atomic mass is 10.2. The highest BCUT2D eigenvalue weighted by Gasteiger charge is 2.11. The summed E-state index contributed by atoms with van der Waals surface area (Å²) in [6.07, 6.45) is 4.29. The highest BCUT2D eigenvalue weighted by molar-refractivity contribution is 7.98. The van der Waals surface area contributed by atoms with Crippen LogP contribution < -0.4 is 5.73 Å². The zero-order valence-corrected chi connectivity index (χ0v) is 12.6. The minimum absolute atomic E-state index is 0.613. The van der Waals surface area contributed by atoms with E-state index in [4.69, 9.17) is 5.73 Å². The quantitative estimate of drug-likeness (QED) is 0.788. The van der Waals surface area contributed by atoms with Crippen LogP contribution >= 0.6 is 23.1 Å². The molecule has 17 heavy (non-hydrogen) atoms. The van der Waals surface area contributed by atoms with Crippen LogP contribution in [0.15, 0.2) is 5.38 Å². The number of hydrogen-bond donors (Lipinski definition) is 1. The van der Waals surface area contributed by atoms with Crippen LogP contribution in [-0.4, -0.2) is 41.5 Å². The van der Waals surface area contributed by atoms with Gasteiger partial charge < -0.3 is 5.73 Å². The molecule has 0 saturated carbocycles. The second-order valence-corrected chi connectivity index (χ2v) is 6.25. The number of thioether (sulfide) groups is 1. The van der Waals surface area contributed by atoms with Gasteiger partial charge in [-0.2, -0.15) is 11.8 Å². The van der Waals surface area contributed by atoms with E-state index in [9.17, 15) is 0 Å². The maximum atomic E-state index is 5.53. The number of thiazole rings is 1. The minimum Gasteiger partial charge on any atom is -0.330 e. The fourth-order valence-electron chi connectivity index (χ4n) is 1.58. The first-order chi connectivity index (χ1) is 8.17. The smallest absolute Gasteiger partial charge is 0.0941 e. The van der Waals surface area contributed by atoms with Gasteiger partial charge in [0.25, 0.3) is 0 Å². The topological polar surface area (TPSA) is 42.1 Å². The molecule has 98 valence electrons. The molecule has 3 nitrogen and oxygen atoms in total. The predicted octanol–water partition coefficient (Wildman–Crippen LogP) is 2.22. The van der Waals surface area contributed by atoms with Gasteiger partial charge in [-0.15, -0.1) is 11.3 Å². The average molecular weight is 273 g/mol. The monoisotopic (exact) mass is 273 g/mol. The zero-order chi connectivity index (χ0) is 12.7. The van der Waals surface area contributed by atoms with Gasteiger partial charge in [0.15, 0.2) is 0 Å². The molecule has 1 heterocycles. The van der Waals surface area contributed by atoms with E-state index in [0.717, 1.165) is 18.0 Å². The fourth-order valence-corrected chi connectivity index (χ4v) is 2.96. The van der Waals surface area contributed by atoms with E-state index in [1.54, 1.807) is 11.3 Å². The molecule has 1 unspecified atom stereocenters. The Morgan fingerprint density at radius 2 is 2.35 bits per heavy atom. The van der Waals surface area contributed by atoms with Crippen LogP contribution in [0, 0.1) is 0 Å². The summed E-state index contributed by atoms with van der Waals surface area (Å²) in [5.41, 5.74) is 6.71. The summed E-state index contributed by atoms with van der Waals surface area (Å²) < 4.78 is 0. The number of aromatic nitrogens is 1. The van der Waals surface area contributed by atoms with Crippen molar-refractivity contribution in [3.05, 3.63) is 16.1 Å². The SMILES string of the molecule is CSCCC(C)N(C)Cc1csc(CCN)n1. The van der Waals surface area contributed by atoms with E-state index >= 15 is 0 Å². The highest BCUT2D eigenvalue weighted by Crippen LogP contribution is 2.14. The van der Waals surface area contributed by atoms with Gasteiger partial charge in [-0.1, -0.05) is 0 Å². The molecular formula is C12H23N3S2.